The Bertz CT molecular complexity index is 281. The summed E-state index contributed by atoms with van der Waals surface area (Å²) in [5, 5.41) is 8.52. The Labute approximate surface area is 100 Å². The second kappa shape index (κ2) is 6.56. The lowest BCUT2D eigenvalue weighted by Gasteiger charge is -2.15. The first-order valence-corrected chi connectivity index (χ1v) is 5.72. The summed E-state index contributed by atoms with van der Waals surface area (Å²) in [5.41, 5.74) is 0. The van der Waals surface area contributed by atoms with Gasteiger partial charge in [-0.25, -0.2) is 0 Å². The van der Waals surface area contributed by atoms with Gasteiger partial charge in [0.05, 0.1) is 6.42 Å². The van der Waals surface area contributed by atoms with Crippen molar-refractivity contribution < 1.29 is 24.2 Å². The number of carboxylic acid groups (broad SMARTS) is 1. The Morgan fingerprint density at radius 1 is 1.29 bits per heavy atom. The van der Waals surface area contributed by atoms with E-state index in [0.717, 1.165) is 0 Å². The van der Waals surface area contributed by atoms with Crippen LogP contribution >= 0.6 is 0 Å². The van der Waals surface area contributed by atoms with Crippen LogP contribution in [0.25, 0.3) is 0 Å². The molecule has 6 heteroatoms. The van der Waals surface area contributed by atoms with Crippen LogP contribution in [0, 0.1) is 0 Å². The number of rotatable bonds is 6. The summed E-state index contributed by atoms with van der Waals surface area (Å²) in [6.45, 7) is 3.41. The van der Waals surface area contributed by atoms with E-state index in [1.54, 1.807) is 12.0 Å². The maximum atomic E-state index is 11.7. The zero-order valence-corrected chi connectivity index (χ0v) is 10.2. The Balaban J connectivity index is 2.45. The molecule has 1 amide bonds. The first-order chi connectivity index (χ1) is 8.08. The zero-order valence-electron chi connectivity index (χ0n) is 10.2. The fraction of sp³-hybridized carbons (Fsp3) is 0.818. The molecule has 0 spiro atoms. The van der Waals surface area contributed by atoms with Crippen molar-refractivity contribution in [3.05, 3.63) is 0 Å². The highest BCUT2D eigenvalue weighted by Gasteiger charge is 2.35. The van der Waals surface area contributed by atoms with Gasteiger partial charge in [0.15, 0.2) is 0 Å². The van der Waals surface area contributed by atoms with Crippen LogP contribution in [-0.2, 0) is 19.1 Å². The lowest BCUT2D eigenvalue weighted by Crippen LogP contribution is -2.30. The summed E-state index contributed by atoms with van der Waals surface area (Å²) in [4.78, 5) is 23.7. The summed E-state index contributed by atoms with van der Waals surface area (Å²) in [6.07, 6.45) is -0.334. The highest BCUT2D eigenvalue weighted by molar-refractivity contribution is 5.81. The van der Waals surface area contributed by atoms with Crippen molar-refractivity contribution in [2.24, 2.45) is 0 Å². The van der Waals surface area contributed by atoms with Crippen molar-refractivity contribution in [1.82, 2.24) is 4.90 Å². The highest BCUT2D eigenvalue weighted by Crippen LogP contribution is 2.17. The van der Waals surface area contributed by atoms with E-state index < -0.39 is 5.97 Å². The highest BCUT2D eigenvalue weighted by atomic mass is 16.5. The van der Waals surface area contributed by atoms with Crippen molar-refractivity contribution in [2.45, 2.75) is 32.0 Å². The van der Waals surface area contributed by atoms with Crippen LogP contribution in [0.3, 0.4) is 0 Å². The molecule has 1 heterocycles. The van der Waals surface area contributed by atoms with Gasteiger partial charge in [-0.3, -0.25) is 9.59 Å². The standard InChI is InChI=1S/C11H19NO5/c1-3-17-9-7-12(6-8(9)16-2)10(13)4-5-11(14)15/h8-9H,3-7H2,1-2H3,(H,14,15). The molecule has 1 aliphatic heterocycles. The molecule has 2 unspecified atom stereocenters. The molecule has 0 aromatic rings. The van der Waals surface area contributed by atoms with E-state index in [1.807, 2.05) is 6.92 Å². The van der Waals surface area contributed by atoms with Crippen LogP contribution in [0.2, 0.25) is 0 Å². The Kier molecular flexibility index (Phi) is 5.37. The van der Waals surface area contributed by atoms with Crippen LogP contribution in [0.4, 0.5) is 0 Å². The number of ether oxygens (including phenoxy) is 2. The molecule has 0 aromatic carbocycles. The second-order valence-electron chi connectivity index (χ2n) is 3.96. The van der Waals surface area contributed by atoms with Gasteiger partial charge in [0.1, 0.15) is 12.2 Å². The number of carbonyl (C=O) groups is 2. The van der Waals surface area contributed by atoms with E-state index in [4.69, 9.17) is 14.6 Å². The molecule has 0 radical (unpaired) electrons. The van der Waals surface area contributed by atoms with Crippen LogP contribution in [0.5, 0.6) is 0 Å². The van der Waals surface area contributed by atoms with Gasteiger partial charge in [-0.15, -0.1) is 0 Å². The van der Waals surface area contributed by atoms with E-state index in [9.17, 15) is 9.59 Å². The van der Waals surface area contributed by atoms with Gasteiger partial charge >= 0.3 is 5.97 Å². The third kappa shape index (κ3) is 3.98. The zero-order chi connectivity index (χ0) is 12.8. The quantitative estimate of drug-likeness (QED) is 0.719. The average molecular weight is 245 g/mol. The van der Waals surface area contributed by atoms with Crippen LogP contribution in [0.1, 0.15) is 19.8 Å². The molecule has 2 atom stereocenters. The minimum atomic E-state index is -0.956. The molecule has 1 fully saturated rings. The predicted octanol–water partition coefficient (Wildman–Crippen LogP) is 0.114. The Morgan fingerprint density at radius 2 is 1.94 bits per heavy atom. The maximum Gasteiger partial charge on any atom is 0.303 e. The molecule has 0 aromatic heterocycles. The van der Waals surface area contributed by atoms with E-state index in [0.29, 0.717) is 19.7 Å². The summed E-state index contributed by atoms with van der Waals surface area (Å²) in [6, 6.07) is 0. The molecule has 1 aliphatic rings. The topological polar surface area (TPSA) is 76.1 Å². The van der Waals surface area contributed by atoms with Crippen molar-refractivity contribution >= 4 is 11.9 Å². The predicted molar refractivity (Wildman–Crippen MR) is 59.7 cm³/mol. The number of hydrogen-bond acceptors (Lipinski definition) is 4. The summed E-state index contributed by atoms with van der Waals surface area (Å²) in [7, 11) is 1.59. The van der Waals surface area contributed by atoms with Gasteiger partial charge in [0, 0.05) is 33.2 Å². The van der Waals surface area contributed by atoms with Gasteiger partial charge in [0.2, 0.25) is 5.91 Å². The lowest BCUT2D eigenvalue weighted by molar-refractivity contribution is -0.140. The average Bonchev–Trinajstić information content (AvgIpc) is 2.69. The molecule has 1 N–H and O–H groups in total. The molecule has 98 valence electrons. The van der Waals surface area contributed by atoms with Crippen LogP contribution in [-0.4, -0.2) is 60.9 Å². The van der Waals surface area contributed by atoms with Crippen LogP contribution < -0.4 is 0 Å². The molecule has 0 saturated carbocycles. The normalized spacial score (nSPS) is 24.0. The van der Waals surface area contributed by atoms with Crippen molar-refractivity contribution in [3.8, 4) is 0 Å². The molecule has 17 heavy (non-hydrogen) atoms. The van der Waals surface area contributed by atoms with E-state index in [1.165, 1.54) is 0 Å². The van der Waals surface area contributed by atoms with Crippen LogP contribution in [0.15, 0.2) is 0 Å². The molecule has 1 rings (SSSR count). The van der Waals surface area contributed by atoms with Gasteiger partial charge < -0.3 is 19.5 Å². The number of aliphatic carboxylic acids is 1. The van der Waals surface area contributed by atoms with E-state index in [2.05, 4.69) is 0 Å². The van der Waals surface area contributed by atoms with Gasteiger partial charge in [-0.1, -0.05) is 0 Å². The molecule has 0 aliphatic carbocycles. The molecule has 0 bridgehead atoms. The van der Waals surface area contributed by atoms with E-state index >= 15 is 0 Å². The third-order valence-corrected chi connectivity index (χ3v) is 2.80. The van der Waals surface area contributed by atoms with E-state index in [-0.39, 0.29) is 31.0 Å². The number of amides is 1. The fourth-order valence-electron chi connectivity index (χ4n) is 1.92. The Morgan fingerprint density at radius 3 is 2.47 bits per heavy atom. The van der Waals surface area contributed by atoms with Gasteiger partial charge in [0.25, 0.3) is 0 Å². The number of hydrogen-bond donors (Lipinski definition) is 1. The maximum absolute atomic E-state index is 11.7. The number of nitrogens with zero attached hydrogens (tertiary/aromatic N) is 1. The smallest absolute Gasteiger partial charge is 0.303 e. The van der Waals surface area contributed by atoms with Crippen molar-refractivity contribution in [2.75, 3.05) is 26.8 Å². The number of carbonyl (C=O) groups excluding carboxylic acids is 1. The first-order valence-electron chi connectivity index (χ1n) is 5.72. The molecular formula is C11H19NO5. The number of carboxylic acids is 1. The summed E-state index contributed by atoms with van der Waals surface area (Å²) < 4.78 is 10.7. The Hall–Kier alpha value is -1.14. The summed E-state index contributed by atoms with van der Waals surface area (Å²) >= 11 is 0. The largest absolute Gasteiger partial charge is 0.481 e. The summed E-state index contributed by atoms with van der Waals surface area (Å²) in [5.74, 6) is -1.11. The number of methoxy groups -OCH3 is 1. The monoisotopic (exact) mass is 245 g/mol. The lowest BCUT2D eigenvalue weighted by atomic mass is 10.2. The molecular weight excluding hydrogens is 226 g/mol. The first kappa shape index (κ1) is 13.9. The SMILES string of the molecule is CCOC1CN(C(=O)CCC(=O)O)CC1OC. The molecule has 1 saturated heterocycles. The van der Waals surface area contributed by atoms with Gasteiger partial charge in [-0.2, -0.15) is 0 Å². The van der Waals surface area contributed by atoms with Gasteiger partial charge in [-0.05, 0) is 6.92 Å². The number of likely N-dealkylation sites (tertiary alicyclic amines) is 1. The molecule has 6 nitrogen and oxygen atoms in total. The minimum Gasteiger partial charge on any atom is -0.481 e. The van der Waals surface area contributed by atoms with Crippen molar-refractivity contribution in [3.63, 3.8) is 0 Å². The fourth-order valence-corrected chi connectivity index (χ4v) is 1.92. The van der Waals surface area contributed by atoms with Crippen molar-refractivity contribution in [1.29, 1.82) is 0 Å². The second-order valence-corrected chi connectivity index (χ2v) is 3.96. The minimum absolute atomic E-state index is 0.0324. The third-order valence-electron chi connectivity index (χ3n) is 2.80.